The van der Waals surface area contributed by atoms with Gasteiger partial charge >= 0.3 is 5.69 Å². The third kappa shape index (κ3) is 6.12. The van der Waals surface area contributed by atoms with Crippen molar-refractivity contribution in [3.8, 4) is 5.69 Å². The van der Waals surface area contributed by atoms with Crippen molar-refractivity contribution in [1.29, 1.82) is 0 Å². The summed E-state index contributed by atoms with van der Waals surface area (Å²) < 4.78 is 1.40. The minimum atomic E-state index is -0.421. The number of rotatable bonds is 4. The van der Waals surface area contributed by atoms with Crippen LogP contribution in [0.1, 0.15) is 44.6 Å². The molecule has 1 aliphatic rings. The predicted molar refractivity (Wildman–Crippen MR) is 108 cm³/mol. The molecule has 5 N–H and O–H groups in total. The van der Waals surface area contributed by atoms with E-state index in [0.717, 1.165) is 12.1 Å². The number of hydrogen-bond acceptors (Lipinski definition) is 5. The van der Waals surface area contributed by atoms with Gasteiger partial charge in [-0.05, 0) is 43.1 Å². The molecular weight excluding hydrogens is 350 g/mol. The number of anilines is 1. The fourth-order valence-electron chi connectivity index (χ4n) is 2.84. The van der Waals surface area contributed by atoms with Crippen LogP contribution in [-0.4, -0.2) is 22.1 Å². The first-order chi connectivity index (χ1) is 12.5. The van der Waals surface area contributed by atoms with Gasteiger partial charge in [0.15, 0.2) is 0 Å². The van der Waals surface area contributed by atoms with Crippen molar-refractivity contribution in [2.45, 2.75) is 51.6 Å². The van der Waals surface area contributed by atoms with Crippen molar-refractivity contribution in [3.63, 3.8) is 0 Å². The SMILES string of the molecule is CCNCc1ccc(-n2ccc(N)nc2=O)cc1Cl.NC1CCCCC1. The molecule has 142 valence electrons. The third-order valence-corrected chi connectivity index (χ3v) is 4.71. The first-order valence-electron chi connectivity index (χ1n) is 9.11. The van der Waals surface area contributed by atoms with E-state index in [1.165, 1.54) is 36.7 Å². The Morgan fingerprint density at radius 1 is 1.27 bits per heavy atom. The second-order valence-corrected chi connectivity index (χ2v) is 6.87. The van der Waals surface area contributed by atoms with Crippen molar-refractivity contribution in [3.05, 3.63) is 51.5 Å². The minimum absolute atomic E-state index is 0.205. The summed E-state index contributed by atoms with van der Waals surface area (Å²) in [6.45, 7) is 3.60. The maximum atomic E-state index is 11.7. The Balaban J connectivity index is 0.000000290. The Bertz CT molecular complexity index is 756. The quantitative estimate of drug-likeness (QED) is 0.760. The first kappa shape index (κ1) is 20.4. The zero-order valence-electron chi connectivity index (χ0n) is 15.2. The topological polar surface area (TPSA) is 99.0 Å². The molecule has 1 aromatic carbocycles. The molecule has 1 fully saturated rings. The maximum Gasteiger partial charge on any atom is 0.354 e. The second-order valence-electron chi connectivity index (χ2n) is 6.46. The Morgan fingerprint density at radius 2 is 2.00 bits per heavy atom. The van der Waals surface area contributed by atoms with Crippen LogP contribution in [-0.2, 0) is 6.54 Å². The van der Waals surface area contributed by atoms with Gasteiger partial charge in [0.2, 0.25) is 0 Å². The fourth-order valence-corrected chi connectivity index (χ4v) is 3.08. The molecule has 0 atom stereocenters. The smallest absolute Gasteiger partial charge is 0.354 e. The summed E-state index contributed by atoms with van der Waals surface area (Å²) in [4.78, 5) is 15.4. The largest absolute Gasteiger partial charge is 0.383 e. The van der Waals surface area contributed by atoms with Crippen LogP contribution in [0.15, 0.2) is 35.3 Å². The van der Waals surface area contributed by atoms with Crippen molar-refractivity contribution >= 4 is 17.4 Å². The number of nitrogens with two attached hydrogens (primary N) is 2. The van der Waals surface area contributed by atoms with Crippen LogP contribution >= 0.6 is 11.6 Å². The number of benzene rings is 1. The predicted octanol–water partition coefficient (Wildman–Crippen LogP) is 2.86. The van der Waals surface area contributed by atoms with E-state index < -0.39 is 5.69 Å². The summed E-state index contributed by atoms with van der Waals surface area (Å²) in [6.07, 6.45) is 8.25. The van der Waals surface area contributed by atoms with Crippen molar-refractivity contribution in [2.75, 3.05) is 12.3 Å². The summed E-state index contributed by atoms with van der Waals surface area (Å²) in [7, 11) is 0. The zero-order valence-corrected chi connectivity index (χ0v) is 16.0. The lowest BCUT2D eigenvalue weighted by atomic mass is 9.97. The molecule has 7 heteroatoms. The lowest BCUT2D eigenvalue weighted by molar-refractivity contribution is 0.441. The molecule has 3 rings (SSSR count). The standard InChI is InChI=1S/C13H15ClN4O.C6H13N/c1-2-16-8-9-3-4-10(7-11(9)14)18-6-5-12(15)17-13(18)19;7-6-4-2-1-3-5-6/h3-7,16H,2,8H2,1H3,(H2,15,17,19);6H,1-5,7H2. The van der Waals surface area contributed by atoms with Gasteiger partial charge in [-0.1, -0.05) is 43.9 Å². The number of nitrogens with zero attached hydrogens (tertiary/aromatic N) is 2. The van der Waals surface area contributed by atoms with Crippen LogP contribution < -0.4 is 22.5 Å². The Kier molecular flexibility index (Phi) is 8.09. The molecule has 2 aromatic rings. The molecule has 0 spiro atoms. The highest BCUT2D eigenvalue weighted by atomic mass is 35.5. The highest BCUT2D eigenvalue weighted by molar-refractivity contribution is 6.31. The maximum absolute atomic E-state index is 11.7. The van der Waals surface area contributed by atoms with E-state index in [1.54, 1.807) is 18.3 Å². The molecule has 0 unspecified atom stereocenters. The molecule has 6 nitrogen and oxygen atoms in total. The number of hydrogen-bond donors (Lipinski definition) is 3. The normalized spacial score (nSPS) is 14.6. The number of halogens is 1. The molecule has 1 saturated carbocycles. The molecule has 0 amide bonds. The first-order valence-corrected chi connectivity index (χ1v) is 9.49. The highest BCUT2D eigenvalue weighted by Gasteiger charge is 2.06. The lowest BCUT2D eigenvalue weighted by Crippen LogP contribution is -2.22. The van der Waals surface area contributed by atoms with E-state index >= 15 is 0 Å². The van der Waals surface area contributed by atoms with Crippen molar-refractivity contribution in [2.24, 2.45) is 5.73 Å². The van der Waals surface area contributed by atoms with Gasteiger partial charge in [0.1, 0.15) is 5.82 Å². The van der Waals surface area contributed by atoms with Crippen LogP contribution in [0.4, 0.5) is 5.82 Å². The van der Waals surface area contributed by atoms with E-state index in [-0.39, 0.29) is 5.82 Å². The fraction of sp³-hybridized carbons (Fsp3) is 0.474. The highest BCUT2D eigenvalue weighted by Crippen LogP contribution is 2.19. The second kappa shape index (κ2) is 10.3. The average Bonchev–Trinajstić information content (AvgIpc) is 2.62. The van der Waals surface area contributed by atoms with Gasteiger partial charge in [-0.3, -0.25) is 4.57 Å². The molecule has 0 bridgehead atoms. The van der Waals surface area contributed by atoms with Crippen LogP contribution in [0.5, 0.6) is 0 Å². The van der Waals surface area contributed by atoms with Crippen molar-refractivity contribution in [1.82, 2.24) is 14.9 Å². The summed E-state index contributed by atoms with van der Waals surface area (Å²) >= 11 is 6.20. The summed E-state index contributed by atoms with van der Waals surface area (Å²) in [5.74, 6) is 0.205. The van der Waals surface area contributed by atoms with Gasteiger partial charge in [0.05, 0.1) is 5.69 Å². The van der Waals surface area contributed by atoms with E-state index in [1.807, 2.05) is 19.1 Å². The lowest BCUT2D eigenvalue weighted by Gasteiger charge is -2.15. The molecule has 0 saturated heterocycles. The van der Waals surface area contributed by atoms with E-state index in [2.05, 4.69) is 10.3 Å². The van der Waals surface area contributed by atoms with Gasteiger partial charge < -0.3 is 16.8 Å². The molecular formula is C19H28ClN5O. The molecule has 1 aliphatic carbocycles. The Labute approximate surface area is 159 Å². The Morgan fingerprint density at radius 3 is 2.54 bits per heavy atom. The van der Waals surface area contributed by atoms with Crippen LogP contribution in [0.25, 0.3) is 5.69 Å². The van der Waals surface area contributed by atoms with Crippen LogP contribution in [0.2, 0.25) is 5.02 Å². The summed E-state index contributed by atoms with van der Waals surface area (Å²) in [6, 6.07) is 7.57. The van der Waals surface area contributed by atoms with Gasteiger partial charge in [-0.2, -0.15) is 4.98 Å². The van der Waals surface area contributed by atoms with Gasteiger partial charge in [0, 0.05) is 23.8 Å². The van der Waals surface area contributed by atoms with Crippen LogP contribution in [0, 0.1) is 0 Å². The monoisotopic (exact) mass is 377 g/mol. The number of nitrogens with one attached hydrogen (secondary N) is 1. The average molecular weight is 378 g/mol. The van der Waals surface area contributed by atoms with E-state index in [9.17, 15) is 4.79 Å². The van der Waals surface area contributed by atoms with E-state index in [0.29, 0.717) is 23.3 Å². The van der Waals surface area contributed by atoms with Crippen molar-refractivity contribution < 1.29 is 0 Å². The molecule has 0 aliphatic heterocycles. The molecule has 1 aromatic heterocycles. The molecule has 26 heavy (non-hydrogen) atoms. The van der Waals surface area contributed by atoms with E-state index in [4.69, 9.17) is 23.1 Å². The van der Waals surface area contributed by atoms with Crippen LogP contribution in [0.3, 0.4) is 0 Å². The summed E-state index contributed by atoms with van der Waals surface area (Å²) in [5, 5.41) is 3.81. The summed E-state index contributed by atoms with van der Waals surface area (Å²) in [5.41, 5.74) is 12.3. The van der Waals surface area contributed by atoms with Gasteiger partial charge in [-0.25, -0.2) is 4.79 Å². The minimum Gasteiger partial charge on any atom is -0.383 e. The van der Waals surface area contributed by atoms with Gasteiger partial charge in [0.25, 0.3) is 0 Å². The molecule has 1 heterocycles. The number of nitrogen functional groups attached to an aromatic ring is 1. The molecule has 0 radical (unpaired) electrons. The zero-order chi connectivity index (χ0) is 18.9. The third-order valence-electron chi connectivity index (χ3n) is 4.36. The Hall–Kier alpha value is -1.89. The number of aromatic nitrogens is 2. The van der Waals surface area contributed by atoms with Gasteiger partial charge in [-0.15, -0.1) is 0 Å².